The minimum absolute atomic E-state index is 0.0218. The van der Waals surface area contributed by atoms with Gasteiger partial charge in [-0.2, -0.15) is 0 Å². The van der Waals surface area contributed by atoms with Gasteiger partial charge in [-0.15, -0.1) is 0 Å². The van der Waals surface area contributed by atoms with Crippen molar-refractivity contribution >= 4 is 29.4 Å². The summed E-state index contributed by atoms with van der Waals surface area (Å²) < 4.78 is 5.71. The predicted octanol–water partition coefficient (Wildman–Crippen LogP) is 4.25. The quantitative estimate of drug-likeness (QED) is 0.841. The van der Waals surface area contributed by atoms with Crippen LogP contribution in [0, 0.1) is 0 Å². The Morgan fingerprint density at radius 1 is 1.05 bits per heavy atom. The number of ketones is 1. The molecule has 0 aliphatic carbocycles. The van der Waals surface area contributed by atoms with Crippen LogP contribution in [0.4, 0.5) is 0 Å². The van der Waals surface area contributed by atoms with Crippen molar-refractivity contribution in [3.8, 4) is 0 Å². The second-order valence-electron chi connectivity index (χ2n) is 4.64. The Hall–Kier alpha value is -2.00. The van der Waals surface area contributed by atoms with E-state index >= 15 is 0 Å². The molecular weight excluding hydrogens is 268 g/mol. The molecule has 0 N–H and O–H groups in total. The standard InChI is InChI=1S/C17H14O2S/c1-12(18)11-19-15-10-13-6-2-4-8-16(13)20-17-9-5-3-7-14(15)17/h2-10H,11H2,1H3. The molecule has 0 unspecified atom stereocenters. The van der Waals surface area contributed by atoms with Crippen molar-refractivity contribution in [1.82, 2.24) is 0 Å². The third kappa shape index (κ3) is 2.63. The molecule has 1 aliphatic heterocycles. The first-order chi connectivity index (χ1) is 9.74. The van der Waals surface area contributed by atoms with Gasteiger partial charge in [-0.3, -0.25) is 4.79 Å². The van der Waals surface area contributed by atoms with Gasteiger partial charge in [0.15, 0.2) is 5.78 Å². The van der Waals surface area contributed by atoms with E-state index in [9.17, 15) is 4.79 Å². The first-order valence-electron chi connectivity index (χ1n) is 6.44. The molecule has 2 nitrogen and oxygen atoms in total. The van der Waals surface area contributed by atoms with Crippen LogP contribution in [0.15, 0.2) is 58.3 Å². The number of ether oxygens (including phenoxy) is 1. The second kappa shape index (κ2) is 5.55. The summed E-state index contributed by atoms with van der Waals surface area (Å²) in [4.78, 5) is 13.5. The molecule has 0 spiro atoms. The van der Waals surface area contributed by atoms with Gasteiger partial charge in [-0.25, -0.2) is 0 Å². The zero-order valence-electron chi connectivity index (χ0n) is 11.1. The van der Waals surface area contributed by atoms with Gasteiger partial charge in [0.2, 0.25) is 0 Å². The van der Waals surface area contributed by atoms with E-state index in [-0.39, 0.29) is 12.4 Å². The lowest BCUT2D eigenvalue weighted by molar-refractivity contribution is -0.119. The largest absolute Gasteiger partial charge is 0.485 e. The van der Waals surface area contributed by atoms with E-state index in [1.165, 1.54) is 11.8 Å². The van der Waals surface area contributed by atoms with Crippen molar-refractivity contribution in [2.75, 3.05) is 6.61 Å². The van der Waals surface area contributed by atoms with Gasteiger partial charge in [0.05, 0.1) is 0 Å². The highest BCUT2D eigenvalue weighted by atomic mass is 32.2. The lowest BCUT2D eigenvalue weighted by atomic mass is 10.1. The van der Waals surface area contributed by atoms with Crippen LogP contribution in [0.2, 0.25) is 0 Å². The summed E-state index contributed by atoms with van der Waals surface area (Å²) in [5, 5.41) is 0. The molecule has 3 heteroatoms. The molecule has 0 atom stereocenters. The van der Waals surface area contributed by atoms with E-state index in [2.05, 4.69) is 18.2 Å². The average molecular weight is 282 g/mol. The number of hydrogen-bond donors (Lipinski definition) is 0. The first kappa shape index (κ1) is 13.0. The zero-order chi connectivity index (χ0) is 13.9. The summed E-state index contributed by atoms with van der Waals surface area (Å²) in [6.45, 7) is 1.64. The SMILES string of the molecule is CC(=O)COC1=Cc2ccccc2Sc2ccccc21. The fourth-order valence-corrected chi connectivity index (χ4v) is 3.14. The third-order valence-electron chi connectivity index (χ3n) is 3.01. The highest BCUT2D eigenvalue weighted by molar-refractivity contribution is 7.99. The van der Waals surface area contributed by atoms with Gasteiger partial charge < -0.3 is 4.74 Å². The Balaban J connectivity index is 2.09. The van der Waals surface area contributed by atoms with Crippen LogP contribution in [0.3, 0.4) is 0 Å². The lowest BCUT2D eigenvalue weighted by Crippen LogP contribution is -2.03. The normalized spacial score (nSPS) is 12.8. The summed E-state index contributed by atoms with van der Waals surface area (Å²) >= 11 is 1.72. The van der Waals surface area contributed by atoms with E-state index in [0.29, 0.717) is 0 Å². The van der Waals surface area contributed by atoms with E-state index in [1.807, 2.05) is 36.4 Å². The zero-order valence-corrected chi connectivity index (χ0v) is 11.9. The molecule has 0 aromatic heterocycles. The van der Waals surface area contributed by atoms with Crippen LogP contribution in [0.1, 0.15) is 18.1 Å². The second-order valence-corrected chi connectivity index (χ2v) is 5.72. The maximum atomic E-state index is 11.2. The Kier molecular flexibility index (Phi) is 3.61. The molecule has 0 saturated heterocycles. The summed E-state index contributed by atoms with van der Waals surface area (Å²) in [6, 6.07) is 16.3. The molecule has 0 saturated carbocycles. The molecular formula is C17H14O2S. The van der Waals surface area contributed by atoms with Crippen molar-refractivity contribution in [2.45, 2.75) is 16.7 Å². The number of carbonyl (C=O) groups excluding carboxylic acids is 1. The van der Waals surface area contributed by atoms with Crippen molar-refractivity contribution in [3.05, 3.63) is 59.7 Å². The Morgan fingerprint density at radius 2 is 1.75 bits per heavy atom. The lowest BCUT2D eigenvalue weighted by Gasteiger charge is -2.10. The molecule has 20 heavy (non-hydrogen) atoms. The molecule has 0 amide bonds. The van der Waals surface area contributed by atoms with Crippen molar-refractivity contribution < 1.29 is 9.53 Å². The average Bonchev–Trinajstić information content (AvgIpc) is 2.61. The molecule has 100 valence electrons. The fourth-order valence-electron chi connectivity index (χ4n) is 2.09. The smallest absolute Gasteiger partial charge is 0.167 e. The van der Waals surface area contributed by atoms with Gasteiger partial charge in [0.25, 0.3) is 0 Å². The predicted molar refractivity (Wildman–Crippen MR) is 81.5 cm³/mol. The Morgan fingerprint density at radius 3 is 2.55 bits per heavy atom. The molecule has 0 radical (unpaired) electrons. The van der Waals surface area contributed by atoms with Gasteiger partial charge in [-0.05, 0) is 30.7 Å². The number of hydrogen-bond acceptors (Lipinski definition) is 3. The van der Waals surface area contributed by atoms with E-state index < -0.39 is 0 Å². The van der Waals surface area contributed by atoms with Crippen molar-refractivity contribution in [3.63, 3.8) is 0 Å². The molecule has 2 aromatic carbocycles. The Bertz CT molecular complexity index is 689. The van der Waals surface area contributed by atoms with E-state index in [4.69, 9.17) is 4.74 Å². The van der Waals surface area contributed by atoms with Crippen molar-refractivity contribution in [2.24, 2.45) is 0 Å². The third-order valence-corrected chi connectivity index (χ3v) is 4.18. The highest BCUT2D eigenvalue weighted by Crippen LogP contribution is 2.40. The van der Waals surface area contributed by atoms with Crippen LogP contribution >= 0.6 is 11.8 Å². The van der Waals surface area contributed by atoms with Gasteiger partial charge in [0, 0.05) is 15.4 Å². The highest BCUT2D eigenvalue weighted by Gasteiger charge is 2.16. The summed E-state index contributed by atoms with van der Waals surface area (Å²) in [5.74, 6) is 0.779. The van der Waals surface area contributed by atoms with Crippen LogP contribution in [0.5, 0.6) is 0 Å². The summed E-state index contributed by atoms with van der Waals surface area (Å²) in [5.41, 5.74) is 2.15. The maximum absolute atomic E-state index is 11.2. The van der Waals surface area contributed by atoms with Gasteiger partial charge in [-0.1, -0.05) is 48.2 Å². The molecule has 3 rings (SSSR count). The topological polar surface area (TPSA) is 26.3 Å². The molecule has 0 bridgehead atoms. The van der Waals surface area contributed by atoms with Crippen LogP contribution in [-0.4, -0.2) is 12.4 Å². The van der Waals surface area contributed by atoms with Crippen LogP contribution < -0.4 is 0 Å². The number of Topliss-reactive ketones (excluding diaryl/α,β-unsaturated/α-hetero) is 1. The van der Waals surface area contributed by atoms with E-state index in [1.54, 1.807) is 11.8 Å². The number of rotatable bonds is 3. The van der Waals surface area contributed by atoms with Crippen molar-refractivity contribution in [1.29, 1.82) is 0 Å². The minimum atomic E-state index is 0.0218. The maximum Gasteiger partial charge on any atom is 0.167 e. The van der Waals surface area contributed by atoms with Crippen LogP contribution in [-0.2, 0) is 9.53 Å². The number of fused-ring (bicyclic) bond motifs is 2. The molecule has 0 fully saturated rings. The minimum Gasteiger partial charge on any atom is -0.485 e. The van der Waals surface area contributed by atoms with E-state index in [0.717, 1.165) is 21.8 Å². The molecule has 1 aliphatic rings. The molecule has 2 aromatic rings. The monoisotopic (exact) mass is 282 g/mol. The number of benzene rings is 2. The fraction of sp³-hybridized carbons (Fsp3) is 0.118. The summed E-state index contributed by atoms with van der Waals surface area (Å²) in [6.07, 6.45) is 2.01. The van der Waals surface area contributed by atoms with Gasteiger partial charge >= 0.3 is 0 Å². The Labute approximate surface area is 122 Å². The summed E-state index contributed by atoms with van der Waals surface area (Å²) in [7, 11) is 0. The molecule has 1 heterocycles. The first-order valence-corrected chi connectivity index (χ1v) is 7.26. The van der Waals surface area contributed by atoms with Gasteiger partial charge in [0.1, 0.15) is 12.4 Å². The number of carbonyl (C=O) groups is 1. The van der Waals surface area contributed by atoms with Crippen LogP contribution in [0.25, 0.3) is 11.8 Å².